The normalized spacial score (nSPS) is 18.1. The zero-order chi connectivity index (χ0) is 13.8. The van der Waals surface area contributed by atoms with Gasteiger partial charge in [0.2, 0.25) is 0 Å². The van der Waals surface area contributed by atoms with Gasteiger partial charge in [-0.1, -0.05) is 0 Å². The van der Waals surface area contributed by atoms with E-state index in [2.05, 4.69) is 21.2 Å². The third kappa shape index (κ3) is 3.22. The second-order valence-corrected chi connectivity index (χ2v) is 5.65. The molecule has 1 atom stereocenters. The predicted octanol–water partition coefficient (Wildman–Crippen LogP) is 2.47. The van der Waals surface area contributed by atoms with Crippen LogP contribution in [-0.4, -0.2) is 27.3 Å². The summed E-state index contributed by atoms with van der Waals surface area (Å²) in [6, 6.07) is 4.02. The van der Waals surface area contributed by atoms with Crippen LogP contribution >= 0.6 is 15.9 Å². The summed E-state index contributed by atoms with van der Waals surface area (Å²) in [5.74, 6) is 2.04. The van der Waals surface area contributed by atoms with Crippen LogP contribution in [-0.2, 0) is 0 Å². The van der Waals surface area contributed by atoms with Crippen LogP contribution in [0, 0.1) is 5.92 Å². The van der Waals surface area contributed by atoms with E-state index in [0.717, 1.165) is 47.5 Å². The molecule has 106 valence electrons. The number of ether oxygens (including phenoxy) is 2. The molecule has 0 spiro atoms. The first-order valence-corrected chi connectivity index (χ1v) is 7.34. The Morgan fingerprint density at radius 2 is 1.74 bits per heavy atom. The second kappa shape index (κ2) is 6.59. The van der Waals surface area contributed by atoms with Gasteiger partial charge in [-0.15, -0.1) is 0 Å². The number of hydrogen-bond acceptors (Lipinski definition) is 4. The van der Waals surface area contributed by atoms with Gasteiger partial charge in [-0.25, -0.2) is 0 Å². The predicted molar refractivity (Wildman–Crippen MR) is 79.8 cm³/mol. The molecule has 0 amide bonds. The molecule has 1 saturated heterocycles. The molecule has 0 bridgehead atoms. The lowest BCUT2D eigenvalue weighted by Gasteiger charge is -2.29. The number of rotatable bonds is 4. The highest BCUT2D eigenvalue weighted by atomic mass is 79.9. The van der Waals surface area contributed by atoms with Crippen molar-refractivity contribution in [2.24, 2.45) is 11.7 Å². The van der Waals surface area contributed by atoms with Gasteiger partial charge in [-0.3, -0.25) is 0 Å². The summed E-state index contributed by atoms with van der Waals surface area (Å²) in [5.41, 5.74) is 7.49. The van der Waals surface area contributed by atoms with Crippen molar-refractivity contribution in [2.75, 3.05) is 27.3 Å². The largest absolute Gasteiger partial charge is 0.495 e. The summed E-state index contributed by atoms with van der Waals surface area (Å²) >= 11 is 3.48. The zero-order valence-corrected chi connectivity index (χ0v) is 13.0. The van der Waals surface area contributed by atoms with Crippen molar-refractivity contribution in [2.45, 2.75) is 18.9 Å². The average Bonchev–Trinajstić information content (AvgIpc) is 2.47. The van der Waals surface area contributed by atoms with Crippen LogP contribution in [0.3, 0.4) is 0 Å². The van der Waals surface area contributed by atoms with Crippen molar-refractivity contribution < 1.29 is 9.47 Å². The van der Waals surface area contributed by atoms with E-state index in [4.69, 9.17) is 15.2 Å². The van der Waals surface area contributed by atoms with Gasteiger partial charge in [0.25, 0.3) is 0 Å². The molecular weight excluding hydrogens is 308 g/mol. The smallest absolute Gasteiger partial charge is 0.137 e. The Labute approximate surface area is 122 Å². The quantitative estimate of drug-likeness (QED) is 0.891. The maximum absolute atomic E-state index is 6.41. The van der Waals surface area contributed by atoms with Crippen LogP contribution in [0.5, 0.6) is 11.5 Å². The summed E-state index contributed by atoms with van der Waals surface area (Å²) in [4.78, 5) is 0. The molecule has 5 heteroatoms. The van der Waals surface area contributed by atoms with Crippen LogP contribution in [0.25, 0.3) is 0 Å². The molecular formula is C14H21BrN2O2. The Morgan fingerprint density at radius 3 is 2.21 bits per heavy atom. The monoisotopic (exact) mass is 328 g/mol. The maximum atomic E-state index is 6.41. The first-order chi connectivity index (χ1) is 9.17. The minimum atomic E-state index is 0.0259. The number of piperidine rings is 1. The van der Waals surface area contributed by atoms with E-state index in [1.165, 1.54) is 0 Å². The summed E-state index contributed by atoms with van der Waals surface area (Å²) < 4.78 is 11.6. The third-order valence-electron chi connectivity index (χ3n) is 3.74. The van der Waals surface area contributed by atoms with Crippen molar-refractivity contribution in [3.63, 3.8) is 0 Å². The van der Waals surface area contributed by atoms with Crippen LogP contribution in [0.15, 0.2) is 16.6 Å². The van der Waals surface area contributed by atoms with Gasteiger partial charge in [-0.05, 0) is 65.5 Å². The lowest BCUT2D eigenvalue weighted by Crippen LogP contribution is -2.33. The van der Waals surface area contributed by atoms with Gasteiger partial charge in [0.05, 0.1) is 14.2 Å². The molecule has 0 radical (unpaired) electrons. The fraction of sp³-hybridized carbons (Fsp3) is 0.571. The van der Waals surface area contributed by atoms with Crippen molar-refractivity contribution in [3.05, 3.63) is 22.2 Å². The lowest BCUT2D eigenvalue weighted by molar-refractivity contribution is 0.319. The van der Waals surface area contributed by atoms with E-state index >= 15 is 0 Å². The van der Waals surface area contributed by atoms with Gasteiger partial charge in [-0.2, -0.15) is 0 Å². The average molecular weight is 329 g/mol. The van der Waals surface area contributed by atoms with E-state index in [9.17, 15) is 0 Å². The van der Waals surface area contributed by atoms with E-state index in [1.807, 2.05) is 12.1 Å². The lowest BCUT2D eigenvalue weighted by atomic mass is 9.86. The number of benzene rings is 1. The third-order valence-corrected chi connectivity index (χ3v) is 4.53. The number of methoxy groups -OCH3 is 2. The summed E-state index contributed by atoms with van der Waals surface area (Å²) in [6.45, 7) is 2.09. The summed E-state index contributed by atoms with van der Waals surface area (Å²) in [7, 11) is 3.30. The first kappa shape index (κ1) is 14.6. The highest BCUT2D eigenvalue weighted by molar-refractivity contribution is 9.10. The van der Waals surface area contributed by atoms with Gasteiger partial charge < -0.3 is 20.5 Å². The second-order valence-electron chi connectivity index (χ2n) is 4.85. The number of halogens is 1. The molecule has 4 nitrogen and oxygen atoms in total. The number of nitrogens with two attached hydrogens (primary N) is 1. The molecule has 0 unspecified atom stereocenters. The molecule has 1 heterocycles. The van der Waals surface area contributed by atoms with Gasteiger partial charge in [0, 0.05) is 6.04 Å². The molecule has 1 aliphatic heterocycles. The number of hydrogen-bond donors (Lipinski definition) is 2. The molecule has 0 aromatic heterocycles. The van der Waals surface area contributed by atoms with E-state index in [1.54, 1.807) is 14.2 Å². The van der Waals surface area contributed by atoms with E-state index in [0.29, 0.717) is 5.92 Å². The molecule has 0 saturated carbocycles. The van der Waals surface area contributed by atoms with Crippen LogP contribution in [0.4, 0.5) is 0 Å². The molecule has 19 heavy (non-hydrogen) atoms. The summed E-state index contributed by atoms with van der Waals surface area (Å²) in [5, 5.41) is 3.36. The fourth-order valence-electron chi connectivity index (χ4n) is 2.56. The van der Waals surface area contributed by atoms with E-state index < -0.39 is 0 Å². The topological polar surface area (TPSA) is 56.5 Å². The molecule has 2 rings (SSSR count). The molecule has 0 aliphatic carbocycles. The highest BCUT2D eigenvalue weighted by Crippen LogP contribution is 2.39. The minimum absolute atomic E-state index is 0.0259. The van der Waals surface area contributed by atoms with Gasteiger partial charge >= 0.3 is 0 Å². The SMILES string of the molecule is COc1cc([C@H](N)C2CCNCC2)cc(OC)c1Br. The van der Waals surface area contributed by atoms with Crippen LogP contribution in [0.2, 0.25) is 0 Å². The van der Waals surface area contributed by atoms with Crippen molar-refractivity contribution in [1.29, 1.82) is 0 Å². The minimum Gasteiger partial charge on any atom is -0.495 e. The molecule has 1 aliphatic rings. The van der Waals surface area contributed by atoms with Gasteiger partial charge in [0.1, 0.15) is 16.0 Å². The standard InChI is InChI=1S/C14H21BrN2O2/c1-18-11-7-10(8-12(19-2)13(11)15)14(16)9-3-5-17-6-4-9/h7-9,14,17H,3-6,16H2,1-2H3/t14-/m1/s1. The fourth-order valence-corrected chi connectivity index (χ4v) is 3.11. The molecule has 1 aromatic rings. The van der Waals surface area contributed by atoms with Crippen molar-refractivity contribution >= 4 is 15.9 Å². The zero-order valence-electron chi connectivity index (χ0n) is 11.4. The molecule has 3 N–H and O–H groups in total. The van der Waals surface area contributed by atoms with Crippen molar-refractivity contribution in [3.8, 4) is 11.5 Å². The Bertz CT molecular complexity index is 408. The van der Waals surface area contributed by atoms with Crippen molar-refractivity contribution in [1.82, 2.24) is 5.32 Å². The van der Waals surface area contributed by atoms with E-state index in [-0.39, 0.29) is 6.04 Å². The van der Waals surface area contributed by atoms with Crippen LogP contribution < -0.4 is 20.5 Å². The highest BCUT2D eigenvalue weighted by Gasteiger charge is 2.23. The van der Waals surface area contributed by atoms with Gasteiger partial charge in [0.15, 0.2) is 0 Å². The molecule has 1 aromatic carbocycles. The summed E-state index contributed by atoms with van der Waals surface area (Å²) in [6.07, 6.45) is 2.23. The Hall–Kier alpha value is -0.780. The molecule has 1 fully saturated rings. The number of nitrogens with one attached hydrogen (secondary N) is 1. The Kier molecular flexibility index (Phi) is 5.07. The first-order valence-electron chi connectivity index (χ1n) is 6.55. The Balaban J connectivity index is 2.27. The van der Waals surface area contributed by atoms with Crippen LogP contribution in [0.1, 0.15) is 24.4 Å². The maximum Gasteiger partial charge on any atom is 0.137 e. The Morgan fingerprint density at radius 1 is 1.21 bits per heavy atom.